The lowest BCUT2D eigenvalue weighted by atomic mass is 9.88. The summed E-state index contributed by atoms with van der Waals surface area (Å²) in [6.45, 7) is 13.0. The Kier molecular flexibility index (Phi) is 8.62. The van der Waals surface area contributed by atoms with E-state index in [0.29, 0.717) is 30.1 Å². The Morgan fingerprint density at radius 2 is 1.87 bits per heavy atom. The molecule has 8 heteroatoms. The van der Waals surface area contributed by atoms with Crippen LogP contribution in [0.4, 0.5) is 0 Å². The van der Waals surface area contributed by atoms with Crippen molar-refractivity contribution in [3.63, 3.8) is 0 Å². The topological polar surface area (TPSA) is 100 Å². The van der Waals surface area contributed by atoms with Gasteiger partial charge >= 0.3 is 0 Å². The summed E-state index contributed by atoms with van der Waals surface area (Å²) in [5.74, 6) is 0.298. The summed E-state index contributed by atoms with van der Waals surface area (Å²) in [6, 6.07) is 7.36. The molecule has 202 valence electrons. The van der Waals surface area contributed by atoms with Gasteiger partial charge in [-0.1, -0.05) is 26.8 Å². The van der Waals surface area contributed by atoms with Gasteiger partial charge in [0, 0.05) is 43.2 Å². The monoisotopic (exact) mass is 517 g/mol. The predicted octanol–water partition coefficient (Wildman–Crippen LogP) is 4.87. The Bertz CT molecular complexity index is 1280. The number of hydrogen-bond acceptors (Lipinski definition) is 6. The van der Waals surface area contributed by atoms with Gasteiger partial charge in [-0.15, -0.1) is 0 Å². The number of rotatable bonds is 9. The molecule has 0 radical (unpaired) electrons. The molecule has 1 aliphatic rings. The van der Waals surface area contributed by atoms with Gasteiger partial charge in [-0.2, -0.15) is 0 Å². The van der Waals surface area contributed by atoms with Gasteiger partial charge in [-0.25, -0.2) is 4.98 Å². The highest BCUT2D eigenvalue weighted by atomic mass is 16.3. The molecule has 1 aliphatic heterocycles. The number of hydrogen-bond donors (Lipinski definition) is 2. The van der Waals surface area contributed by atoms with Crippen LogP contribution in [-0.2, 0) is 12.0 Å². The number of likely N-dealkylation sites (tertiary alicyclic amines) is 1. The maximum Gasteiger partial charge on any atom is 0.254 e. The minimum absolute atomic E-state index is 0.0689. The SMILES string of the molecule is Cc1cc(C(=O)NCCCNCc2cncc(C(C)(C)C)c2)cc(C(=O)N2CCCC2c2nc(C)co2)c1. The number of carbonyl (C=O) groups is 2. The van der Waals surface area contributed by atoms with Crippen molar-refractivity contribution in [1.82, 2.24) is 25.5 Å². The van der Waals surface area contributed by atoms with Crippen molar-refractivity contribution in [2.75, 3.05) is 19.6 Å². The first kappa shape index (κ1) is 27.5. The van der Waals surface area contributed by atoms with E-state index in [4.69, 9.17) is 4.42 Å². The summed E-state index contributed by atoms with van der Waals surface area (Å²) in [6.07, 6.45) is 7.92. The number of nitrogens with one attached hydrogen (secondary N) is 2. The molecule has 3 heterocycles. The molecule has 1 aromatic carbocycles. The van der Waals surface area contributed by atoms with Crippen LogP contribution in [0.2, 0.25) is 0 Å². The summed E-state index contributed by atoms with van der Waals surface area (Å²) in [4.78, 5) is 36.9. The fraction of sp³-hybridized carbons (Fsp3) is 0.467. The summed E-state index contributed by atoms with van der Waals surface area (Å²) in [5, 5.41) is 6.41. The van der Waals surface area contributed by atoms with Crippen molar-refractivity contribution in [3.05, 3.63) is 82.3 Å². The van der Waals surface area contributed by atoms with Crippen LogP contribution in [0.15, 0.2) is 47.3 Å². The molecule has 1 atom stereocenters. The lowest BCUT2D eigenvalue weighted by Crippen LogP contribution is -2.31. The van der Waals surface area contributed by atoms with Crippen molar-refractivity contribution < 1.29 is 14.0 Å². The average Bonchev–Trinajstić information content (AvgIpc) is 3.54. The third-order valence-electron chi connectivity index (χ3n) is 6.83. The average molecular weight is 518 g/mol. The Morgan fingerprint density at radius 3 is 2.61 bits per heavy atom. The summed E-state index contributed by atoms with van der Waals surface area (Å²) >= 11 is 0. The van der Waals surface area contributed by atoms with Crippen LogP contribution in [0.3, 0.4) is 0 Å². The van der Waals surface area contributed by atoms with E-state index in [0.717, 1.165) is 49.2 Å². The Morgan fingerprint density at radius 1 is 1.08 bits per heavy atom. The van der Waals surface area contributed by atoms with Crippen LogP contribution in [-0.4, -0.2) is 46.3 Å². The van der Waals surface area contributed by atoms with Crippen LogP contribution >= 0.6 is 0 Å². The number of aromatic nitrogens is 2. The second-order valence-corrected chi connectivity index (χ2v) is 11.2. The van der Waals surface area contributed by atoms with Crippen molar-refractivity contribution in [2.45, 2.75) is 71.9 Å². The fourth-order valence-electron chi connectivity index (χ4n) is 4.74. The van der Waals surface area contributed by atoms with Crippen LogP contribution < -0.4 is 10.6 Å². The van der Waals surface area contributed by atoms with Gasteiger partial charge in [0.2, 0.25) is 5.89 Å². The number of nitrogens with zero attached hydrogens (tertiary/aromatic N) is 3. The number of benzene rings is 1. The molecule has 0 bridgehead atoms. The van der Waals surface area contributed by atoms with E-state index in [2.05, 4.69) is 47.4 Å². The van der Waals surface area contributed by atoms with E-state index < -0.39 is 0 Å². The van der Waals surface area contributed by atoms with E-state index >= 15 is 0 Å². The van der Waals surface area contributed by atoms with Gasteiger partial charge in [0.05, 0.1) is 5.69 Å². The number of aryl methyl sites for hydroxylation is 2. The maximum absolute atomic E-state index is 13.4. The van der Waals surface area contributed by atoms with E-state index in [1.807, 2.05) is 38.4 Å². The second-order valence-electron chi connectivity index (χ2n) is 11.2. The minimum atomic E-state index is -0.175. The molecule has 2 amide bonds. The quantitative estimate of drug-likeness (QED) is 0.393. The number of oxazole rings is 1. The largest absolute Gasteiger partial charge is 0.446 e. The van der Waals surface area contributed by atoms with Crippen molar-refractivity contribution in [3.8, 4) is 0 Å². The molecule has 0 aliphatic carbocycles. The highest BCUT2D eigenvalue weighted by Crippen LogP contribution is 2.33. The first-order chi connectivity index (χ1) is 18.1. The van der Waals surface area contributed by atoms with E-state index in [1.165, 1.54) is 5.56 Å². The van der Waals surface area contributed by atoms with Gasteiger partial charge < -0.3 is 20.0 Å². The minimum Gasteiger partial charge on any atom is -0.446 e. The molecule has 0 spiro atoms. The number of amides is 2. The van der Waals surface area contributed by atoms with E-state index in [-0.39, 0.29) is 23.3 Å². The third-order valence-corrected chi connectivity index (χ3v) is 6.83. The van der Waals surface area contributed by atoms with Crippen molar-refractivity contribution in [1.29, 1.82) is 0 Å². The Hall–Kier alpha value is -3.52. The first-order valence-electron chi connectivity index (χ1n) is 13.4. The lowest BCUT2D eigenvalue weighted by molar-refractivity contribution is 0.0715. The van der Waals surface area contributed by atoms with Gasteiger partial charge in [0.15, 0.2) is 0 Å². The zero-order valence-electron chi connectivity index (χ0n) is 23.1. The predicted molar refractivity (Wildman–Crippen MR) is 147 cm³/mol. The maximum atomic E-state index is 13.4. The smallest absolute Gasteiger partial charge is 0.254 e. The summed E-state index contributed by atoms with van der Waals surface area (Å²) in [7, 11) is 0. The molecule has 3 aromatic rings. The van der Waals surface area contributed by atoms with Gasteiger partial charge in [-0.3, -0.25) is 14.6 Å². The van der Waals surface area contributed by atoms with Crippen LogP contribution in [0.5, 0.6) is 0 Å². The Labute approximate surface area is 225 Å². The van der Waals surface area contributed by atoms with E-state index in [1.54, 1.807) is 17.2 Å². The molecule has 1 saturated heterocycles. The number of pyridine rings is 1. The van der Waals surface area contributed by atoms with Gasteiger partial charge in [0.1, 0.15) is 12.3 Å². The highest BCUT2D eigenvalue weighted by molar-refractivity contribution is 6.00. The van der Waals surface area contributed by atoms with Crippen LogP contribution in [0.1, 0.15) is 95.1 Å². The van der Waals surface area contributed by atoms with Gasteiger partial charge in [-0.05, 0) is 80.0 Å². The molecule has 1 unspecified atom stereocenters. The molecular formula is C30H39N5O3. The molecule has 2 N–H and O–H groups in total. The van der Waals surface area contributed by atoms with Crippen molar-refractivity contribution in [2.24, 2.45) is 0 Å². The molecule has 38 heavy (non-hydrogen) atoms. The van der Waals surface area contributed by atoms with Gasteiger partial charge in [0.25, 0.3) is 11.8 Å². The molecule has 2 aromatic heterocycles. The Balaban J connectivity index is 1.28. The van der Waals surface area contributed by atoms with Crippen LogP contribution in [0.25, 0.3) is 0 Å². The molecular weight excluding hydrogens is 478 g/mol. The van der Waals surface area contributed by atoms with Crippen molar-refractivity contribution >= 4 is 11.8 Å². The van der Waals surface area contributed by atoms with E-state index in [9.17, 15) is 9.59 Å². The zero-order valence-corrected chi connectivity index (χ0v) is 23.1. The fourth-order valence-corrected chi connectivity index (χ4v) is 4.74. The molecule has 4 rings (SSSR count). The lowest BCUT2D eigenvalue weighted by Gasteiger charge is -2.23. The third kappa shape index (κ3) is 6.86. The zero-order chi connectivity index (χ0) is 27.3. The second kappa shape index (κ2) is 11.9. The normalized spacial score (nSPS) is 15.6. The summed E-state index contributed by atoms with van der Waals surface area (Å²) in [5.41, 5.74) is 5.11. The number of carbonyl (C=O) groups excluding carboxylic acids is 2. The van der Waals surface area contributed by atoms with Crippen LogP contribution in [0, 0.1) is 13.8 Å². The molecule has 0 saturated carbocycles. The first-order valence-corrected chi connectivity index (χ1v) is 13.4. The molecule has 1 fully saturated rings. The summed E-state index contributed by atoms with van der Waals surface area (Å²) < 4.78 is 5.59. The highest BCUT2D eigenvalue weighted by Gasteiger charge is 2.34. The standard InChI is InChI=1S/C30H39N5O3/c1-20-12-23(15-24(13-20)29(37)35-11-6-8-26(35)28-34-21(2)19-38-28)27(36)33-10-7-9-31-16-22-14-25(18-32-17-22)30(3,4)5/h12-15,17-19,26,31H,6-11,16H2,1-5H3,(H,33,36). The molecule has 8 nitrogen and oxygen atoms in total.